The Labute approximate surface area is 177 Å². The number of amides is 1. The Morgan fingerprint density at radius 3 is 2.79 bits per heavy atom. The number of guanidine groups is 1. The van der Waals surface area contributed by atoms with Gasteiger partial charge in [-0.3, -0.25) is 9.79 Å². The Kier molecular flexibility index (Phi) is 8.04. The summed E-state index contributed by atoms with van der Waals surface area (Å²) in [5.74, 6) is 0.754. The van der Waals surface area contributed by atoms with E-state index in [1.54, 1.807) is 14.1 Å². The molecule has 1 aromatic heterocycles. The zero-order valence-electron chi connectivity index (χ0n) is 17.4. The zero-order valence-corrected chi connectivity index (χ0v) is 18.2. The van der Waals surface area contributed by atoms with Crippen LogP contribution in [0.2, 0.25) is 0 Å². The van der Waals surface area contributed by atoms with Crippen LogP contribution in [0.25, 0.3) is 0 Å². The van der Waals surface area contributed by atoms with Crippen molar-refractivity contribution in [2.24, 2.45) is 4.99 Å². The van der Waals surface area contributed by atoms with Gasteiger partial charge in [0, 0.05) is 44.0 Å². The Morgan fingerprint density at radius 2 is 2.00 bits per heavy atom. The molecule has 7 heteroatoms. The molecule has 1 amide bonds. The van der Waals surface area contributed by atoms with Crippen molar-refractivity contribution in [2.75, 3.05) is 27.2 Å². The molecule has 0 unspecified atom stereocenters. The molecule has 156 valence electrons. The van der Waals surface area contributed by atoms with E-state index in [1.165, 1.54) is 34.8 Å². The number of nitrogens with zero attached hydrogens (tertiary/aromatic N) is 2. The van der Waals surface area contributed by atoms with Crippen molar-refractivity contribution in [1.82, 2.24) is 20.9 Å². The van der Waals surface area contributed by atoms with E-state index in [0.717, 1.165) is 50.3 Å². The first-order valence-electron chi connectivity index (χ1n) is 10.4. The highest BCUT2D eigenvalue weighted by molar-refractivity contribution is 7.11. The second-order valence-corrected chi connectivity index (χ2v) is 8.41. The van der Waals surface area contributed by atoms with Gasteiger partial charge in [-0.1, -0.05) is 12.1 Å². The number of carbonyl (C=O) groups is 1. The lowest BCUT2D eigenvalue weighted by Gasteiger charge is -2.12. The number of thiazole rings is 1. The molecule has 6 nitrogen and oxygen atoms in total. The first-order valence-corrected chi connectivity index (χ1v) is 11.2. The van der Waals surface area contributed by atoms with Crippen molar-refractivity contribution in [2.45, 2.75) is 44.9 Å². The molecule has 1 aromatic carbocycles. The van der Waals surface area contributed by atoms with Gasteiger partial charge in [0.05, 0.1) is 10.7 Å². The highest BCUT2D eigenvalue weighted by atomic mass is 32.1. The van der Waals surface area contributed by atoms with Crippen LogP contribution in [0, 0.1) is 0 Å². The van der Waals surface area contributed by atoms with Gasteiger partial charge in [-0.25, -0.2) is 4.98 Å². The van der Waals surface area contributed by atoms with Crippen LogP contribution in [0.1, 0.15) is 50.8 Å². The van der Waals surface area contributed by atoms with Crippen molar-refractivity contribution in [1.29, 1.82) is 0 Å². The number of nitrogens with one attached hydrogen (secondary N) is 3. The summed E-state index contributed by atoms with van der Waals surface area (Å²) in [5, 5.41) is 10.7. The van der Waals surface area contributed by atoms with Gasteiger partial charge in [-0.05, 0) is 56.2 Å². The second-order valence-electron chi connectivity index (χ2n) is 7.24. The molecule has 1 heterocycles. The zero-order chi connectivity index (χ0) is 20.5. The average Bonchev–Trinajstić information content (AvgIpc) is 3.18. The average molecular weight is 414 g/mol. The number of hydrogen-bond donors (Lipinski definition) is 3. The maximum absolute atomic E-state index is 11.7. The minimum Gasteiger partial charge on any atom is -0.356 e. The highest BCUT2D eigenvalue weighted by Gasteiger charge is 2.14. The molecular weight excluding hydrogens is 382 g/mol. The Bertz CT molecular complexity index is 822. The quantitative estimate of drug-likeness (QED) is 0.353. The second kappa shape index (κ2) is 11.0. The minimum atomic E-state index is -0.0571. The molecule has 1 aliphatic rings. The maximum Gasteiger partial charge on any atom is 0.251 e. The van der Waals surface area contributed by atoms with E-state index in [-0.39, 0.29) is 5.91 Å². The van der Waals surface area contributed by atoms with Crippen LogP contribution in [0.5, 0.6) is 0 Å². The summed E-state index contributed by atoms with van der Waals surface area (Å²) in [6, 6.07) is 7.72. The van der Waals surface area contributed by atoms with E-state index in [2.05, 4.69) is 20.9 Å². The molecule has 0 spiro atoms. The number of aryl methyl sites for hydroxylation is 3. The molecule has 0 saturated carbocycles. The van der Waals surface area contributed by atoms with Crippen molar-refractivity contribution in [3.8, 4) is 0 Å². The molecule has 0 atom stereocenters. The monoisotopic (exact) mass is 413 g/mol. The van der Waals surface area contributed by atoms with Gasteiger partial charge in [0.15, 0.2) is 5.96 Å². The summed E-state index contributed by atoms with van der Waals surface area (Å²) < 4.78 is 0. The molecule has 0 fully saturated rings. The summed E-state index contributed by atoms with van der Waals surface area (Å²) in [5.41, 5.74) is 3.17. The largest absolute Gasteiger partial charge is 0.356 e. The molecule has 3 N–H and O–H groups in total. The van der Waals surface area contributed by atoms with Crippen LogP contribution in [0.15, 0.2) is 29.3 Å². The summed E-state index contributed by atoms with van der Waals surface area (Å²) >= 11 is 1.90. The number of aliphatic imine (C=N–C) groups is 1. The topological polar surface area (TPSA) is 78.4 Å². The third-order valence-corrected chi connectivity index (χ3v) is 6.31. The lowest BCUT2D eigenvalue weighted by Crippen LogP contribution is -2.38. The van der Waals surface area contributed by atoms with Gasteiger partial charge in [0.1, 0.15) is 0 Å². The van der Waals surface area contributed by atoms with Crippen molar-refractivity contribution in [3.05, 3.63) is 51.0 Å². The summed E-state index contributed by atoms with van der Waals surface area (Å²) in [6.07, 6.45) is 7.87. The number of rotatable bonds is 8. The van der Waals surface area contributed by atoms with E-state index in [1.807, 2.05) is 35.6 Å². The predicted octanol–water partition coefficient (Wildman–Crippen LogP) is 2.72. The molecule has 0 radical (unpaired) electrons. The maximum atomic E-state index is 11.7. The third kappa shape index (κ3) is 6.29. The van der Waals surface area contributed by atoms with Crippen LogP contribution in [-0.2, 0) is 25.7 Å². The van der Waals surface area contributed by atoms with Crippen molar-refractivity contribution < 1.29 is 4.79 Å². The van der Waals surface area contributed by atoms with Crippen molar-refractivity contribution in [3.63, 3.8) is 0 Å². The van der Waals surface area contributed by atoms with E-state index in [4.69, 9.17) is 4.98 Å². The Hall–Kier alpha value is -2.41. The third-order valence-electron chi connectivity index (χ3n) is 5.10. The Balaban J connectivity index is 1.36. The lowest BCUT2D eigenvalue weighted by molar-refractivity contribution is 0.0963. The molecule has 29 heavy (non-hydrogen) atoms. The normalized spacial score (nSPS) is 13.7. The molecular formula is C22H31N5OS. The lowest BCUT2D eigenvalue weighted by atomic mass is 10.0. The number of benzene rings is 1. The number of aromatic nitrogens is 1. The highest BCUT2D eigenvalue weighted by Crippen LogP contribution is 2.27. The smallest absolute Gasteiger partial charge is 0.251 e. The predicted molar refractivity (Wildman–Crippen MR) is 120 cm³/mol. The fraction of sp³-hybridized carbons (Fsp3) is 0.500. The van der Waals surface area contributed by atoms with Crippen LogP contribution in [-0.4, -0.2) is 44.0 Å². The van der Waals surface area contributed by atoms with Gasteiger partial charge in [0.25, 0.3) is 5.91 Å². The standard InChI is InChI=1S/C22H31N5OS/c1-23-21(28)17-8-5-7-16(15-17)12-14-26-22(24-2)25-13-6-11-20-27-18-9-3-4-10-19(18)29-20/h5,7-8,15H,3-4,6,9-14H2,1-2H3,(H,23,28)(H2,24,25,26). The number of fused-ring (bicyclic) bond motifs is 1. The first-order chi connectivity index (χ1) is 14.2. The van der Waals surface area contributed by atoms with E-state index in [0.29, 0.717) is 5.56 Å². The molecule has 0 aliphatic heterocycles. The fourth-order valence-electron chi connectivity index (χ4n) is 3.52. The summed E-state index contributed by atoms with van der Waals surface area (Å²) in [4.78, 5) is 22.4. The van der Waals surface area contributed by atoms with Crippen LogP contribution >= 0.6 is 11.3 Å². The van der Waals surface area contributed by atoms with Crippen LogP contribution in [0.3, 0.4) is 0 Å². The Morgan fingerprint density at radius 1 is 1.17 bits per heavy atom. The minimum absolute atomic E-state index is 0.0571. The molecule has 1 aliphatic carbocycles. The SMILES string of the molecule is CN=C(NCCCc1nc2c(s1)CCCC2)NCCc1cccc(C(=O)NC)c1. The van der Waals surface area contributed by atoms with Crippen LogP contribution < -0.4 is 16.0 Å². The summed E-state index contributed by atoms with van der Waals surface area (Å²) in [7, 11) is 3.44. The van der Waals surface area contributed by atoms with Crippen LogP contribution in [0.4, 0.5) is 0 Å². The van der Waals surface area contributed by atoms with E-state index < -0.39 is 0 Å². The van der Waals surface area contributed by atoms with Gasteiger partial charge in [-0.2, -0.15) is 0 Å². The first kappa shape index (κ1) is 21.3. The molecule has 2 aromatic rings. The molecule has 3 rings (SSSR count). The van der Waals surface area contributed by atoms with E-state index in [9.17, 15) is 4.79 Å². The number of carbonyl (C=O) groups excluding carboxylic acids is 1. The molecule has 0 saturated heterocycles. The van der Waals surface area contributed by atoms with Gasteiger partial charge in [-0.15, -0.1) is 11.3 Å². The van der Waals surface area contributed by atoms with Crippen molar-refractivity contribution >= 4 is 23.2 Å². The van der Waals surface area contributed by atoms with E-state index >= 15 is 0 Å². The van der Waals surface area contributed by atoms with Gasteiger partial charge >= 0.3 is 0 Å². The number of hydrogen-bond acceptors (Lipinski definition) is 4. The van der Waals surface area contributed by atoms with Gasteiger partial charge < -0.3 is 16.0 Å². The molecule has 0 bridgehead atoms. The van der Waals surface area contributed by atoms with Gasteiger partial charge in [0.2, 0.25) is 0 Å². The fourth-order valence-corrected chi connectivity index (χ4v) is 4.72. The summed E-state index contributed by atoms with van der Waals surface area (Å²) in [6.45, 7) is 1.63.